The Morgan fingerprint density at radius 3 is 2.38 bits per heavy atom. The number of thioether (sulfide) groups is 1. The molecule has 0 saturated heterocycles. The van der Waals surface area contributed by atoms with Crippen LogP contribution in [0.25, 0.3) is 0 Å². The third-order valence-electron chi connectivity index (χ3n) is 2.81. The van der Waals surface area contributed by atoms with Crippen molar-refractivity contribution in [1.82, 2.24) is 10.0 Å². The molecule has 1 atom stereocenters. The van der Waals surface area contributed by atoms with Crippen molar-refractivity contribution in [3.05, 3.63) is 35.9 Å². The van der Waals surface area contributed by atoms with Gasteiger partial charge in [0, 0.05) is 19.8 Å². The van der Waals surface area contributed by atoms with Crippen LogP contribution < -0.4 is 0 Å². The molecule has 0 bridgehead atoms. The lowest BCUT2D eigenvalue weighted by atomic mass is 10.2. The van der Waals surface area contributed by atoms with Crippen molar-refractivity contribution in [3.8, 4) is 0 Å². The van der Waals surface area contributed by atoms with Crippen LogP contribution in [0.3, 0.4) is 0 Å². The Labute approximate surface area is 134 Å². The number of carboxylic acids is 1. The quantitative estimate of drug-likeness (QED) is 0.561. The molecule has 0 aliphatic carbocycles. The highest BCUT2D eigenvalue weighted by Crippen LogP contribution is 2.19. The minimum Gasteiger partial charge on any atom is -0.480 e. The highest BCUT2D eigenvalue weighted by molar-refractivity contribution is 7.99. The van der Waals surface area contributed by atoms with E-state index in [0.717, 1.165) is 5.56 Å². The molecular formula is C14H20N2O3S2. The molecule has 1 amide bonds. The first-order valence-corrected chi connectivity index (χ1v) is 8.10. The Kier molecular flexibility index (Phi) is 7.63. The zero-order valence-corrected chi connectivity index (χ0v) is 13.8. The summed E-state index contributed by atoms with van der Waals surface area (Å²) in [4.78, 5) is 23.2. The van der Waals surface area contributed by atoms with E-state index < -0.39 is 11.2 Å². The number of carboxylic acid groups (broad SMARTS) is 1. The van der Waals surface area contributed by atoms with Gasteiger partial charge in [0.05, 0.1) is 12.3 Å². The number of hydrogen-bond acceptors (Lipinski definition) is 5. The molecule has 116 valence electrons. The van der Waals surface area contributed by atoms with E-state index in [1.165, 1.54) is 16.8 Å². The maximum Gasteiger partial charge on any atom is 0.318 e. The second kappa shape index (κ2) is 8.96. The largest absolute Gasteiger partial charge is 0.480 e. The van der Waals surface area contributed by atoms with Gasteiger partial charge < -0.3 is 5.11 Å². The van der Waals surface area contributed by atoms with Crippen LogP contribution in [0.4, 0.5) is 0 Å². The fourth-order valence-electron chi connectivity index (χ4n) is 1.70. The summed E-state index contributed by atoms with van der Waals surface area (Å²) in [5.41, 5.74) is 1.06. The standard InChI is InChI=1S/C14H20N2O3S2/c1-15(2)16(13(17)9-20)8-12(14(18)19)21-10-11-6-4-3-5-7-11/h3-7,12,20H,8-10H2,1-2H3,(H,18,19). The average Bonchev–Trinajstić information content (AvgIpc) is 2.47. The van der Waals surface area contributed by atoms with E-state index in [2.05, 4.69) is 12.6 Å². The SMILES string of the molecule is CN(C)N(CC(SCc1ccccc1)C(=O)O)C(=O)CS. The summed E-state index contributed by atoms with van der Waals surface area (Å²) in [5.74, 6) is -0.494. The number of hydrazine groups is 1. The van der Waals surface area contributed by atoms with Gasteiger partial charge in [0.2, 0.25) is 5.91 Å². The zero-order chi connectivity index (χ0) is 15.8. The molecular weight excluding hydrogens is 308 g/mol. The van der Waals surface area contributed by atoms with E-state index in [4.69, 9.17) is 0 Å². The zero-order valence-electron chi connectivity index (χ0n) is 12.1. The smallest absolute Gasteiger partial charge is 0.318 e. The summed E-state index contributed by atoms with van der Waals surface area (Å²) in [6.45, 7) is 0.124. The van der Waals surface area contributed by atoms with Crippen LogP contribution in [0.1, 0.15) is 5.56 Å². The molecule has 0 aliphatic heterocycles. The third-order valence-corrected chi connectivity index (χ3v) is 4.34. The fraction of sp³-hybridized carbons (Fsp3) is 0.429. The monoisotopic (exact) mass is 328 g/mol. The number of hydrogen-bond donors (Lipinski definition) is 2. The summed E-state index contributed by atoms with van der Waals surface area (Å²) in [6.07, 6.45) is 0. The predicted octanol–water partition coefficient (Wildman–Crippen LogP) is 1.61. The Balaban J connectivity index is 2.68. The number of rotatable bonds is 8. The highest BCUT2D eigenvalue weighted by atomic mass is 32.2. The van der Waals surface area contributed by atoms with E-state index in [9.17, 15) is 14.7 Å². The molecule has 0 aromatic heterocycles. The highest BCUT2D eigenvalue weighted by Gasteiger charge is 2.25. The maximum atomic E-state index is 11.8. The molecule has 1 aromatic rings. The van der Waals surface area contributed by atoms with Crippen LogP contribution in [0.2, 0.25) is 0 Å². The van der Waals surface area contributed by atoms with Gasteiger partial charge >= 0.3 is 5.97 Å². The van der Waals surface area contributed by atoms with Crippen LogP contribution in [0, 0.1) is 0 Å². The van der Waals surface area contributed by atoms with Crippen molar-refractivity contribution in [2.24, 2.45) is 0 Å². The van der Waals surface area contributed by atoms with Crippen molar-refractivity contribution in [1.29, 1.82) is 0 Å². The summed E-state index contributed by atoms with van der Waals surface area (Å²) in [5, 5.41) is 11.7. The van der Waals surface area contributed by atoms with Gasteiger partial charge in [-0.3, -0.25) is 14.6 Å². The van der Waals surface area contributed by atoms with Crippen molar-refractivity contribution in [3.63, 3.8) is 0 Å². The number of nitrogens with zero attached hydrogens (tertiary/aromatic N) is 2. The molecule has 1 unspecified atom stereocenters. The number of benzene rings is 1. The lowest BCUT2D eigenvalue weighted by Crippen LogP contribution is -2.47. The fourth-order valence-corrected chi connectivity index (χ4v) is 2.84. The van der Waals surface area contributed by atoms with Gasteiger partial charge in [-0.1, -0.05) is 30.3 Å². The van der Waals surface area contributed by atoms with Gasteiger partial charge in [0.25, 0.3) is 0 Å². The van der Waals surface area contributed by atoms with Crippen LogP contribution in [0.15, 0.2) is 30.3 Å². The van der Waals surface area contributed by atoms with Gasteiger partial charge in [-0.2, -0.15) is 12.6 Å². The second-order valence-electron chi connectivity index (χ2n) is 4.60. The van der Waals surface area contributed by atoms with Crippen LogP contribution in [-0.2, 0) is 15.3 Å². The molecule has 21 heavy (non-hydrogen) atoms. The summed E-state index contributed by atoms with van der Waals surface area (Å²) in [7, 11) is 3.42. The van der Waals surface area contributed by atoms with Gasteiger partial charge in [0.15, 0.2) is 0 Å². The molecule has 0 radical (unpaired) electrons. The Morgan fingerprint density at radius 2 is 1.90 bits per heavy atom. The van der Waals surface area contributed by atoms with Crippen molar-refractivity contribution in [2.45, 2.75) is 11.0 Å². The van der Waals surface area contributed by atoms with Gasteiger partial charge in [-0.25, -0.2) is 5.01 Å². The summed E-state index contributed by atoms with van der Waals surface area (Å²) < 4.78 is 0. The topological polar surface area (TPSA) is 60.9 Å². The number of thiol groups is 1. The van der Waals surface area contributed by atoms with E-state index in [1.54, 1.807) is 19.1 Å². The lowest BCUT2D eigenvalue weighted by Gasteiger charge is -2.30. The summed E-state index contributed by atoms with van der Waals surface area (Å²) in [6, 6.07) is 9.66. The Hall–Kier alpha value is -1.18. The first-order chi connectivity index (χ1) is 9.95. The molecule has 0 heterocycles. The lowest BCUT2D eigenvalue weighted by molar-refractivity contribution is -0.144. The van der Waals surface area contributed by atoms with E-state index in [0.29, 0.717) is 5.75 Å². The first kappa shape index (κ1) is 17.9. The van der Waals surface area contributed by atoms with Crippen LogP contribution in [0.5, 0.6) is 0 Å². The molecule has 0 fully saturated rings. The Morgan fingerprint density at radius 1 is 1.29 bits per heavy atom. The van der Waals surface area contributed by atoms with Crippen LogP contribution >= 0.6 is 24.4 Å². The molecule has 5 nitrogen and oxygen atoms in total. The van der Waals surface area contributed by atoms with Crippen molar-refractivity contribution < 1.29 is 14.7 Å². The maximum absolute atomic E-state index is 11.8. The van der Waals surface area contributed by atoms with Crippen LogP contribution in [-0.4, -0.2) is 58.6 Å². The normalized spacial score (nSPS) is 12.2. The van der Waals surface area contributed by atoms with Gasteiger partial charge in [-0.05, 0) is 5.56 Å². The van der Waals surface area contributed by atoms with E-state index in [1.807, 2.05) is 30.3 Å². The van der Waals surface area contributed by atoms with E-state index in [-0.39, 0.29) is 18.2 Å². The first-order valence-electron chi connectivity index (χ1n) is 6.42. The third kappa shape index (κ3) is 5.99. The number of carbonyl (C=O) groups excluding carboxylic acids is 1. The molecule has 0 aliphatic rings. The van der Waals surface area contributed by atoms with E-state index >= 15 is 0 Å². The average molecular weight is 328 g/mol. The van der Waals surface area contributed by atoms with Gasteiger partial charge in [-0.15, -0.1) is 11.8 Å². The molecule has 1 aromatic carbocycles. The summed E-state index contributed by atoms with van der Waals surface area (Å²) >= 11 is 5.27. The van der Waals surface area contributed by atoms with Gasteiger partial charge in [0.1, 0.15) is 5.25 Å². The molecule has 0 spiro atoms. The number of aliphatic carboxylic acids is 1. The minimum atomic E-state index is -0.922. The van der Waals surface area contributed by atoms with Crippen molar-refractivity contribution in [2.75, 3.05) is 26.4 Å². The molecule has 7 heteroatoms. The van der Waals surface area contributed by atoms with Crippen molar-refractivity contribution >= 4 is 36.3 Å². The minimum absolute atomic E-state index is 0.0495. The molecule has 1 N–H and O–H groups in total. The molecule has 0 saturated carbocycles. The number of amides is 1. The molecule has 1 rings (SSSR count). The second-order valence-corrected chi connectivity index (χ2v) is 6.11. The Bertz CT molecular complexity index is 469. The number of carbonyl (C=O) groups is 2. The predicted molar refractivity (Wildman–Crippen MR) is 88.4 cm³/mol.